The summed E-state index contributed by atoms with van der Waals surface area (Å²) in [5, 5.41) is 19.6. The molecule has 0 aliphatic carbocycles. The summed E-state index contributed by atoms with van der Waals surface area (Å²) in [7, 11) is -2.14. The van der Waals surface area contributed by atoms with Gasteiger partial charge in [-0.3, -0.25) is 0 Å². The summed E-state index contributed by atoms with van der Waals surface area (Å²) in [5.74, 6) is 0.987. The quantitative estimate of drug-likeness (QED) is 0.676. The van der Waals surface area contributed by atoms with Crippen LogP contribution in [0, 0.1) is 6.92 Å². The first-order valence-electron chi connectivity index (χ1n) is 8.68. The van der Waals surface area contributed by atoms with Gasteiger partial charge in [0.05, 0.1) is 24.2 Å². The number of benzene rings is 1. The van der Waals surface area contributed by atoms with E-state index >= 15 is 0 Å². The van der Waals surface area contributed by atoms with Crippen molar-refractivity contribution < 1.29 is 18.3 Å². The van der Waals surface area contributed by atoms with Gasteiger partial charge in [0.2, 0.25) is 10.0 Å². The Bertz CT molecular complexity index is 855. The third-order valence-electron chi connectivity index (χ3n) is 4.49. The van der Waals surface area contributed by atoms with E-state index in [9.17, 15) is 13.5 Å². The summed E-state index contributed by atoms with van der Waals surface area (Å²) in [4.78, 5) is 0.217. The zero-order chi connectivity index (χ0) is 19.4. The maximum absolute atomic E-state index is 13.1. The summed E-state index contributed by atoms with van der Waals surface area (Å²) < 4.78 is 33.6. The van der Waals surface area contributed by atoms with Crippen LogP contribution in [0.5, 0.6) is 5.75 Å². The molecule has 1 aromatic heterocycles. The highest BCUT2D eigenvalue weighted by molar-refractivity contribution is 8.01. The van der Waals surface area contributed by atoms with Crippen LogP contribution in [0.4, 0.5) is 0 Å². The van der Waals surface area contributed by atoms with Crippen molar-refractivity contribution in [3.63, 3.8) is 0 Å². The van der Waals surface area contributed by atoms with Gasteiger partial charge in [-0.1, -0.05) is 29.5 Å². The van der Waals surface area contributed by atoms with Gasteiger partial charge in [-0.15, -0.1) is 10.2 Å². The van der Waals surface area contributed by atoms with Crippen molar-refractivity contribution in [1.82, 2.24) is 14.5 Å². The molecule has 10 heteroatoms. The molecular formula is C17H23N3O4S3. The van der Waals surface area contributed by atoms with Crippen LogP contribution in [0.2, 0.25) is 0 Å². The summed E-state index contributed by atoms with van der Waals surface area (Å²) in [6.45, 7) is 2.29. The molecule has 1 aliphatic heterocycles. The first-order valence-corrected chi connectivity index (χ1v) is 11.9. The zero-order valence-corrected chi connectivity index (χ0v) is 17.7. The van der Waals surface area contributed by atoms with Crippen LogP contribution in [0.3, 0.4) is 0 Å². The molecule has 1 fully saturated rings. The van der Waals surface area contributed by atoms with Crippen LogP contribution in [0.25, 0.3) is 0 Å². The Balaban J connectivity index is 1.74. The van der Waals surface area contributed by atoms with E-state index in [0.717, 1.165) is 22.2 Å². The molecule has 0 spiro atoms. The molecule has 2 heterocycles. The maximum Gasteiger partial charge on any atom is 0.243 e. The summed E-state index contributed by atoms with van der Waals surface area (Å²) >= 11 is 2.88. The lowest BCUT2D eigenvalue weighted by atomic mass is 10.0. The highest BCUT2D eigenvalue weighted by atomic mass is 32.2. The Morgan fingerprint density at radius 2 is 2.07 bits per heavy atom. The van der Waals surface area contributed by atoms with Gasteiger partial charge in [-0.2, -0.15) is 4.31 Å². The Morgan fingerprint density at radius 1 is 1.33 bits per heavy atom. The lowest BCUT2D eigenvalue weighted by molar-refractivity contribution is 0.0864. The van der Waals surface area contributed by atoms with Crippen LogP contribution in [-0.4, -0.2) is 59.6 Å². The number of aliphatic hydroxyl groups is 1. The minimum absolute atomic E-state index is 0.217. The van der Waals surface area contributed by atoms with Gasteiger partial charge in [-0.05, 0) is 44.0 Å². The monoisotopic (exact) mass is 429 g/mol. The molecular weight excluding hydrogens is 406 g/mol. The molecule has 2 atom stereocenters. The van der Waals surface area contributed by atoms with E-state index in [0.29, 0.717) is 24.5 Å². The molecule has 1 aliphatic rings. The minimum Gasteiger partial charge on any atom is -0.497 e. The molecule has 0 amide bonds. The van der Waals surface area contributed by atoms with E-state index in [1.54, 1.807) is 24.3 Å². The Labute approximate surface area is 167 Å². The molecule has 7 nitrogen and oxygen atoms in total. The summed E-state index contributed by atoms with van der Waals surface area (Å²) in [5.41, 5.74) is 0. The number of nitrogens with zero attached hydrogens (tertiary/aromatic N) is 3. The van der Waals surface area contributed by atoms with Crippen molar-refractivity contribution in [1.29, 1.82) is 0 Å². The van der Waals surface area contributed by atoms with Crippen LogP contribution in [0.1, 0.15) is 24.3 Å². The number of methoxy groups -OCH3 is 1. The average Bonchev–Trinajstić information content (AvgIpc) is 3.11. The van der Waals surface area contributed by atoms with E-state index in [4.69, 9.17) is 4.74 Å². The number of hydrogen-bond acceptors (Lipinski definition) is 8. The molecule has 2 aromatic rings. The highest BCUT2D eigenvalue weighted by Crippen LogP contribution is 2.30. The first kappa shape index (κ1) is 20.5. The molecule has 2 unspecified atom stereocenters. The van der Waals surface area contributed by atoms with Crippen molar-refractivity contribution in [3.05, 3.63) is 29.3 Å². The van der Waals surface area contributed by atoms with Gasteiger partial charge in [0.15, 0.2) is 4.34 Å². The van der Waals surface area contributed by atoms with E-state index in [1.807, 2.05) is 6.92 Å². The first-order chi connectivity index (χ1) is 12.9. The molecule has 3 rings (SSSR count). The van der Waals surface area contributed by atoms with Gasteiger partial charge in [0, 0.05) is 12.3 Å². The lowest BCUT2D eigenvalue weighted by Crippen LogP contribution is -2.50. The number of aliphatic hydroxyl groups excluding tert-OH is 1. The molecule has 148 valence electrons. The zero-order valence-electron chi connectivity index (χ0n) is 15.2. The second-order valence-corrected chi connectivity index (χ2v) is 10.7. The number of hydrogen-bond donors (Lipinski definition) is 1. The van der Waals surface area contributed by atoms with Crippen LogP contribution >= 0.6 is 23.1 Å². The predicted molar refractivity (Wildman–Crippen MR) is 106 cm³/mol. The standard InChI is InChI=1S/C17H23N3O4S3/c1-12-18-19-17(26-12)25-11-16(21)15-5-3-4-10-20(15)27(22,23)14-8-6-13(24-2)7-9-14/h6-9,15-16,21H,3-5,10-11H2,1-2H3. The minimum atomic E-state index is -3.68. The Kier molecular flexibility index (Phi) is 6.74. The van der Waals surface area contributed by atoms with Gasteiger partial charge >= 0.3 is 0 Å². The Morgan fingerprint density at radius 3 is 2.70 bits per heavy atom. The highest BCUT2D eigenvalue weighted by Gasteiger charge is 2.37. The van der Waals surface area contributed by atoms with Crippen molar-refractivity contribution in [2.75, 3.05) is 19.4 Å². The number of aromatic nitrogens is 2. The number of aryl methyl sites for hydroxylation is 1. The summed E-state index contributed by atoms with van der Waals surface area (Å²) in [6, 6.07) is 5.93. The van der Waals surface area contributed by atoms with Crippen molar-refractivity contribution in [3.8, 4) is 5.75 Å². The molecule has 1 aromatic carbocycles. The number of thioether (sulfide) groups is 1. The fourth-order valence-corrected chi connectivity index (χ4v) is 6.68. The fourth-order valence-electron chi connectivity index (χ4n) is 3.10. The maximum atomic E-state index is 13.1. The van der Waals surface area contributed by atoms with Crippen molar-refractivity contribution >= 4 is 33.1 Å². The number of ether oxygens (including phenoxy) is 1. The van der Waals surface area contributed by atoms with Crippen LogP contribution in [0.15, 0.2) is 33.5 Å². The number of rotatable bonds is 7. The second-order valence-electron chi connectivity index (χ2n) is 6.32. The van der Waals surface area contributed by atoms with Gasteiger partial charge in [0.1, 0.15) is 10.8 Å². The molecule has 0 saturated carbocycles. The van der Waals surface area contributed by atoms with Crippen LogP contribution in [-0.2, 0) is 10.0 Å². The topological polar surface area (TPSA) is 92.6 Å². The van der Waals surface area contributed by atoms with Crippen molar-refractivity contribution in [2.24, 2.45) is 0 Å². The predicted octanol–water partition coefficient (Wildman–Crippen LogP) is 2.55. The average molecular weight is 430 g/mol. The molecule has 0 bridgehead atoms. The number of sulfonamides is 1. The molecule has 1 N–H and O–H groups in total. The van der Waals surface area contributed by atoms with E-state index < -0.39 is 22.2 Å². The van der Waals surface area contributed by atoms with Gasteiger partial charge in [0.25, 0.3) is 0 Å². The van der Waals surface area contributed by atoms with Gasteiger partial charge in [-0.25, -0.2) is 8.42 Å². The third kappa shape index (κ3) is 4.80. The largest absolute Gasteiger partial charge is 0.497 e. The smallest absolute Gasteiger partial charge is 0.243 e. The van der Waals surface area contributed by atoms with Crippen LogP contribution < -0.4 is 4.74 Å². The van der Waals surface area contributed by atoms with E-state index in [-0.39, 0.29) is 4.90 Å². The summed E-state index contributed by atoms with van der Waals surface area (Å²) in [6.07, 6.45) is 1.57. The van der Waals surface area contributed by atoms with E-state index in [1.165, 1.54) is 34.5 Å². The van der Waals surface area contributed by atoms with E-state index in [2.05, 4.69) is 10.2 Å². The molecule has 0 radical (unpaired) electrons. The second kappa shape index (κ2) is 8.87. The normalized spacial score (nSPS) is 19.7. The molecule has 27 heavy (non-hydrogen) atoms. The van der Waals surface area contributed by atoms with Crippen molar-refractivity contribution in [2.45, 2.75) is 47.6 Å². The lowest BCUT2D eigenvalue weighted by Gasteiger charge is -2.37. The van der Waals surface area contributed by atoms with Gasteiger partial charge < -0.3 is 9.84 Å². The SMILES string of the molecule is COc1ccc(S(=O)(=O)N2CCCCC2C(O)CSc2nnc(C)s2)cc1. The number of piperidine rings is 1. The Hall–Kier alpha value is -1.20. The fraction of sp³-hybridized carbons (Fsp3) is 0.529. The third-order valence-corrected chi connectivity index (χ3v) is 8.51. The molecule has 1 saturated heterocycles.